The molecule has 0 unspecified atom stereocenters. The van der Waals surface area contributed by atoms with E-state index in [1.165, 1.54) is 7.11 Å². The van der Waals surface area contributed by atoms with E-state index in [9.17, 15) is 4.79 Å². The third-order valence-electron chi connectivity index (χ3n) is 1.17. The van der Waals surface area contributed by atoms with Crippen LogP contribution in [0.25, 0.3) is 0 Å². The van der Waals surface area contributed by atoms with Crippen molar-refractivity contribution in [3.8, 4) is 6.07 Å². The second kappa shape index (κ2) is 8.66. The van der Waals surface area contributed by atoms with Crippen molar-refractivity contribution in [2.24, 2.45) is 0 Å². The molecule has 0 aromatic heterocycles. The Labute approximate surface area is 94.7 Å². The van der Waals surface area contributed by atoms with Crippen LogP contribution in [0.5, 0.6) is 0 Å². The Balaban J connectivity index is 0. The van der Waals surface area contributed by atoms with Crippen LogP contribution in [-0.4, -0.2) is 13.1 Å². The molecule has 0 fully saturated rings. The standard InChI is InChI=1S/C8H10NO2.Na/c1-3-4-5-7(6-9)8(10)11-2;/h3H,1,4-5H2,2H3;/q-1;+1. The number of nitriles is 1. The van der Waals surface area contributed by atoms with E-state index in [1.54, 1.807) is 12.1 Å². The summed E-state index contributed by atoms with van der Waals surface area (Å²) >= 11 is 0. The summed E-state index contributed by atoms with van der Waals surface area (Å²) in [6, 6.07) is 1.78. The van der Waals surface area contributed by atoms with Crippen molar-refractivity contribution in [2.45, 2.75) is 12.8 Å². The molecule has 0 aromatic rings. The van der Waals surface area contributed by atoms with Gasteiger partial charge >= 0.3 is 29.6 Å². The van der Waals surface area contributed by atoms with Crippen molar-refractivity contribution in [2.75, 3.05) is 7.11 Å². The SMILES string of the molecule is C=CCC[C-](C#N)C(=O)OC.[Na+]. The Morgan fingerprint density at radius 2 is 2.42 bits per heavy atom. The van der Waals surface area contributed by atoms with E-state index in [1.807, 2.05) is 0 Å². The molecule has 0 aromatic carbocycles. The van der Waals surface area contributed by atoms with Crippen molar-refractivity contribution in [1.29, 1.82) is 5.26 Å². The van der Waals surface area contributed by atoms with Gasteiger partial charge in [-0.25, -0.2) is 5.26 Å². The van der Waals surface area contributed by atoms with Gasteiger partial charge in [0.25, 0.3) is 0 Å². The monoisotopic (exact) mass is 175 g/mol. The Bertz CT molecular complexity index is 186. The molecule has 0 saturated heterocycles. The summed E-state index contributed by atoms with van der Waals surface area (Å²) in [6.45, 7) is 3.48. The average Bonchev–Trinajstić information content (AvgIpc) is 2.05. The molecule has 0 N–H and O–H groups in total. The van der Waals surface area contributed by atoms with Gasteiger partial charge in [0.1, 0.15) is 0 Å². The maximum absolute atomic E-state index is 10.7. The first-order valence-electron chi connectivity index (χ1n) is 3.21. The van der Waals surface area contributed by atoms with Crippen molar-refractivity contribution in [1.82, 2.24) is 0 Å². The number of nitrogens with zero attached hydrogens (tertiary/aromatic N) is 1. The number of esters is 1. The first-order chi connectivity index (χ1) is 5.26. The molecule has 12 heavy (non-hydrogen) atoms. The molecule has 0 heterocycles. The number of carbonyl (C=O) groups excluding carboxylic acids is 1. The topological polar surface area (TPSA) is 50.1 Å². The molecule has 0 rings (SSSR count). The van der Waals surface area contributed by atoms with Gasteiger partial charge in [-0.05, 0) is 0 Å². The quantitative estimate of drug-likeness (QED) is 0.220. The zero-order valence-corrected chi connectivity index (χ0v) is 9.46. The minimum absolute atomic E-state index is 0. The number of allylic oxidation sites excluding steroid dienone is 1. The fraction of sp³-hybridized carbons (Fsp3) is 0.375. The normalized spacial score (nSPS) is 7.33. The van der Waals surface area contributed by atoms with Crippen LogP contribution in [0.1, 0.15) is 12.8 Å². The first-order valence-corrected chi connectivity index (χ1v) is 3.21. The maximum atomic E-state index is 10.7. The number of hydrogen-bond acceptors (Lipinski definition) is 3. The van der Waals surface area contributed by atoms with Gasteiger partial charge in [0.2, 0.25) is 0 Å². The molecule has 0 aliphatic rings. The molecule has 0 radical (unpaired) electrons. The number of hydrogen-bond donors (Lipinski definition) is 0. The fourth-order valence-electron chi connectivity index (χ4n) is 0.573. The minimum Gasteiger partial charge on any atom is -0.490 e. The Morgan fingerprint density at radius 3 is 2.75 bits per heavy atom. The van der Waals surface area contributed by atoms with Gasteiger partial charge in [-0.15, -0.1) is 13.0 Å². The summed E-state index contributed by atoms with van der Waals surface area (Å²) in [5, 5.41) is 8.43. The van der Waals surface area contributed by atoms with Crippen molar-refractivity contribution >= 4 is 5.97 Å². The summed E-state index contributed by atoms with van der Waals surface area (Å²) in [5.41, 5.74) is 0. The third kappa shape index (κ3) is 5.25. The molecular formula is C8H10NNaO2. The molecule has 0 amide bonds. The van der Waals surface area contributed by atoms with Gasteiger partial charge < -0.3 is 4.74 Å². The van der Waals surface area contributed by atoms with E-state index in [4.69, 9.17) is 5.26 Å². The molecule has 4 heteroatoms. The van der Waals surface area contributed by atoms with E-state index in [2.05, 4.69) is 11.3 Å². The van der Waals surface area contributed by atoms with E-state index in [0.717, 1.165) is 0 Å². The van der Waals surface area contributed by atoms with E-state index >= 15 is 0 Å². The van der Waals surface area contributed by atoms with Crippen LogP contribution in [0.2, 0.25) is 0 Å². The van der Waals surface area contributed by atoms with Crippen LogP contribution in [-0.2, 0) is 9.53 Å². The van der Waals surface area contributed by atoms with Crippen molar-refractivity contribution < 1.29 is 39.1 Å². The largest absolute Gasteiger partial charge is 1.00 e. The molecule has 0 atom stereocenters. The van der Waals surface area contributed by atoms with Crippen LogP contribution in [0.15, 0.2) is 12.7 Å². The molecule has 0 spiro atoms. The van der Waals surface area contributed by atoms with Gasteiger partial charge in [-0.2, -0.15) is 5.92 Å². The van der Waals surface area contributed by atoms with Crippen LogP contribution in [0.4, 0.5) is 0 Å². The third-order valence-corrected chi connectivity index (χ3v) is 1.17. The van der Waals surface area contributed by atoms with Gasteiger partial charge in [-0.3, -0.25) is 4.79 Å². The van der Waals surface area contributed by atoms with Gasteiger partial charge in [-0.1, -0.05) is 18.6 Å². The Morgan fingerprint density at radius 1 is 1.83 bits per heavy atom. The summed E-state index contributed by atoms with van der Waals surface area (Å²) in [7, 11) is 1.26. The average molecular weight is 175 g/mol. The van der Waals surface area contributed by atoms with Crippen LogP contribution in [0, 0.1) is 17.2 Å². The minimum atomic E-state index is -0.547. The smallest absolute Gasteiger partial charge is 0.490 e. The van der Waals surface area contributed by atoms with Crippen LogP contribution >= 0.6 is 0 Å². The van der Waals surface area contributed by atoms with Crippen molar-refractivity contribution in [3.63, 3.8) is 0 Å². The van der Waals surface area contributed by atoms with Gasteiger partial charge in [0, 0.05) is 0 Å². The van der Waals surface area contributed by atoms with Gasteiger partial charge in [0.05, 0.1) is 7.11 Å². The second-order valence-electron chi connectivity index (χ2n) is 1.91. The zero-order chi connectivity index (χ0) is 8.69. The summed E-state index contributed by atoms with van der Waals surface area (Å²) < 4.78 is 4.37. The van der Waals surface area contributed by atoms with E-state index < -0.39 is 5.97 Å². The van der Waals surface area contributed by atoms with Crippen LogP contribution in [0.3, 0.4) is 0 Å². The van der Waals surface area contributed by atoms with Crippen LogP contribution < -0.4 is 29.6 Å². The molecular weight excluding hydrogens is 165 g/mol. The number of rotatable bonds is 4. The predicted molar refractivity (Wildman–Crippen MR) is 40.3 cm³/mol. The second-order valence-corrected chi connectivity index (χ2v) is 1.91. The van der Waals surface area contributed by atoms with E-state index in [0.29, 0.717) is 12.8 Å². The summed E-state index contributed by atoms with van der Waals surface area (Å²) in [4.78, 5) is 10.7. The number of carbonyl (C=O) groups is 1. The molecule has 0 saturated carbocycles. The Kier molecular flexibility index (Phi) is 10.2. The Hall–Kier alpha value is -0.430. The van der Waals surface area contributed by atoms with E-state index in [-0.39, 0.29) is 35.5 Å². The number of methoxy groups -OCH3 is 1. The predicted octanol–water partition coefficient (Wildman–Crippen LogP) is -1.77. The molecule has 60 valence electrons. The zero-order valence-electron chi connectivity index (χ0n) is 7.46. The summed E-state index contributed by atoms with van der Waals surface area (Å²) in [6.07, 6.45) is 2.69. The number of ether oxygens (including phenoxy) is 1. The maximum Gasteiger partial charge on any atom is 1.00 e. The van der Waals surface area contributed by atoms with Crippen molar-refractivity contribution in [3.05, 3.63) is 18.6 Å². The fourth-order valence-corrected chi connectivity index (χ4v) is 0.573. The molecule has 0 aliphatic heterocycles. The first kappa shape index (κ1) is 14.1. The molecule has 0 bridgehead atoms. The summed E-state index contributed by atoms with van der Waals surface area (Å²) in [5.74, 6) is -0.401. The molecule has 3 nitrogen and oxygen atoms in total. The molecule has 0 aliphatic carbocycles. The van der Waals surface area contributed by atoms with Gasteiger partial charge in [0.15, 0.2) is 5.97 Å².